The third kappa shape index (κ3) is 4.44. The Morgan fingerprint density at radius 3 is 2.29 bits per heavy atom. The summed E-state index contributed by atoms with van der Waals surface area (Å²) in [4.78, 5) is 13.7. The molecule has 1 N–H and O–H groups in total. The third-order valence-corrected chi connectivity index (χ3v) is 4.19. The van der Waals surface area contributed by atoms with Crippen molar-refractivity contribution in [3.8, 4) is 0 Å². The predicted molar refractivity (Wildman–Crippen MR) is 82.1 cm³/mol. The van der Waals surface area contributed by atoms with Crippen LogP contribution < -0.4 is 0 Å². The smallest absolute Gasteiger partial charge is 0.275 e. The van der Waals surface area contributed by atoms with Crippen molar-refractivity contribution in [2.24, 2.45) is 5.41 Å². The summed E-state index contributed by atoms with van der Waals surface area (Å²) in [6.07, 6.45) is 0. The van der Waals surface area contributed by atoms with Gasteiger partial charge in [0.25, 0.3) is 15.0 Å². The van der Waals surface area contributed by atoms with Gasteiger partial charge < -0.3 is 4.90 Å². The molecule has 0 radical (unpaired) electrons. The summed E-state index contributed by atoms with van der Waals surface area (Å²) < 4.78 is 23.6. The van der Waals surface area contributed by atoms with Crippen molar-refractivity contribution in [1.82, 2.24) is 15.1 Å². The van der Waals surface area contributed by atoms with Crippen LogP contribution in [0.2, 0.25) is 0 Å². The topological polar surface area (TPSA) is 83.1 Å². The van der Waals surface area contributed by atoms with Crippen molar-refractivity contribution in [2.75, 3.05) is 13.6 Å². The Hall–Kier alpha value is -1.08. The van der Waals surface area contributed by atoms with E-state index in [-0.39, 0.29) is 21.9 Å². The maximum Gasteiger partial charge on any atom is 0.275 e. The van der Waals surface area contributed by atoms with E-state index in [9.17, 15) is 13.2 Å². The fourth-order valence-corrected chi connectivity index (χ4v) is 3.47. The van der Waals surface area contributed by atoms with Gasteiger partial charge in [0.05, 0.1) is 5.69 Å². The summed E-state index contributed by atoms with van der Waals surface area (Å²) in [6, 6.07) is 0. The normalized spacial score (nSPS) is 12.8. The zero-order valence-electron chi connectivity index (χ0n) is 13.2. The van der Waals surface area contributed by atoms with Crippen LogP contribution in [-0.4, -0.2) is 43.0 Å². The van der Waals surface area contributed by atoms with Gasteiger partial charge >= 0.3 is 0 Å². The Morgan fingerprint density at radius 2 is 1.90 bits per heavy atom. The van der Waals surface area contributed by atoms with Gasteiger partial charge in [-0.05, 0) is 11.3 Å². The highest BCUT2D eigenvalue weighted by Crippen LogP contribution is 2.28. The number of hydrogen-bond donors (Lipinski definition) is 1. The molecule has 21 heavy (non-hydrogen) atoms. The molecule has 1 heterocycles. The lowest BCUT2D eigenvalue weighted by Gasteiger charge is -2.26. The Balaban J connectivity index is 3.29. The van der Waals surface area contributed by atoms with Gasteiger partial charge in [-0.25, -0.2) is 8.42 Å². The number of rotatable bonds is 4. The van der Waals surface area contributed by atoms with Crippen LogP contribution in [0.1, 0.15) is 56.7 Å². The molecule has 0 aliphatic rings. The second-order valence-corrected chi connectivity index (χ2v) is 9.13. The molecule has 0 spiro atoms. The number of carbonyl (C=O) groups excluding carboxylic acids is 1. The number of aromatic nitrogens is 2. The maximum atomic E-state index is 12.4. The minimum atomic E-state index is -4.06. The Morgan fingerprint density at radius 1 is 1.38 bits per heavy atom. The van der Waals surface area contributed by atoms with Gasteiger partial charge in [-0.15, -0.1) is 0 Å². The average molecular weight is 336 g/mol. The highest BCUT2D eigenvalue weighted by atomic mass is 35.7. The van der Waals surface area contributed by atoms with Gasteiger partial charge in [0.15, 0.2) is 5.69 Å². The van der Waals surface area contributed by atoms with Crippen molar-refractivity contribution in [1.29, 1.82) is 0 Å². The average Bonchev–Trinajstić information content (AvgIpc) is 2.69. The molecule has 1 amide bonds. The van der Waals surface area contributed by atoms with Crippen LogP contribution in [-0.2, 0) is 9.05 Å². The zero-order valence-corrected chi connectivity index (χ0v) is 14.8. The van der Waals surface area contributed by atoms with Crippen LogP contribution in [0.15, 0.2) is 4.90 Å². The second kappa shape index (κ2) is 5.96. The molecule has 0 bridgehead atoms. The van der Waals surface area contributed by atoms with Crippen LogP contribution in [0.3, 0.4) is 0 Å². The van der Waals surface area contributed by atoms with E-state index >= 15 is 0 Å². The van der Waals surface area contributed by atoms with E-state index in [1.54, 1.807) is 20.9 Å². The minimum Gasteiger partial charge on any atom is -0.340 e. The molecule has 120 valence electrons. The fourth-order valence-electron chi connectivity index (χ4n) is 2.09. The number of aromatic amines is 1. The molecule has 6 nitrogen and oxygen atoms in total. The largest absolute Gasteiger partial charge is 0.340 e. The van der Waals surface area contributed by atoms with E-state index in [2.05, 4.69) is 10.2 Å². The van der Waals surface area contributed by atoms with Crippen molar-refractivity contribution >= 4 is 25.6 Å². The van der Waals surface area contributed by atoms with Gasteiger partial charge in [-0.3, -0.25) is 9.89 Å². The van der Waals surface area contributed by atoms with Gasteiger partial charge in [0.1, 0.15) is 4.90 Å². The first-order valence-corrected chi connectivity index (χ1v) is 8.94. The maximum absolute atomic E-state index is 12.4. The van der Waals surface area contributed by atoms with Crippen molar-refractivity contribution < 1.29 is 13.2 Å². The number of H-pyrrole nitrogens is 1. The van der Waals surface area contributed by atoms with E-state index in [4.69, 9.17) is 10.7 Å². The van der Waals surface area contributed by atoms with E-state index in [0.717, 1.165) is 0 Å². The van der Waals surface area contributed by atoms with Crippen LogP contribution in [0.25, 0.3) is 0 Å². The molecule has 0 aliphatic heterocycles. The number of hydrogen-bond acceptors (Lipinski definition) is 4. The van der Waals surface area contributed by atoms with Crippen LogP contribution >= 0.6 is 10.7 Å². The zero-order chi connectivity index (χ0) is 16.6. The number of carbonyl (C=O) groups is 1. The molecule has 8 heteroatoms. The lowest BCUT2D eigenvalue weighted by Crippen LogP contribution is -2.35. The fraction of sp³-hybridized carbons (Fsp3) is 0.692. The molecule has 0 saturated carbocycles. The Kier molecular flexibility index (Phi) is 5.10. The molecule has 1 aromatic rings. The predicted octanol–water partition coefficient (Wildman–Crippen LogP) is 2.58. The third-order valence-electron chi connectivity index (χ3n) is 2.83. The summed E-state index contributed by atoms with van der Waals surface area (Å²) >= 11 is 0. The molecule has 0 saturated heterocycles. The minimum absolute atomic E-state index is 0.110. The monoisotopic (exact) mass is 335 g/mol. The summed E-state index contributed by atoms with van der Waals surface area (Å²) in [5.74, 6) is -0.609. The number of nitrogens with zero attached hydrogens (tertiary/aromatic N) is 2. The molecule has 1 rings (SSSR count). The van der Waals surface area contributed by atoms with Crippen molar-refractivity contribution in [3.05, 3.63) is 11.4 Å². The van der Waals surface area contributed by atoms with E-state index in [1.807, 2.05) is 20.8 Å². The van der Waals surface area contributed by atoms with Crippen molar-refractivity contribution in [2.45, 2.75) is 45.4 Å². The van der Waals surface area contributed by atoms with Crippen molar-refractivity contribution in [3.63, 3.8) is 0 Å². The molecule has 0 aliphatic carbocycles. The molecule has 0 aromatic carbocycles. The molecule has 0 atom stereocenters. The van der Waals surface area contributed by atoms with E-state index in [1.165, 1.54) is 4.90 Å². The molecule has 0 unspecified atom stereocenters. The highest BCUT2D eigenvalue weighted by molar-refractivity contribution is 8.13. The first kappa shape index (κ1) is 18.0. The molecule has 0 fully saturated rings. The first-order chi connectivity index (χ1) is 9.34. The van der Waals surface area contributed by atoms with Crippen LogP contribution in [0.5, 0.6) is 0 Å². The van der Waals surface area contributed by atoms with Crippen LogP contribution in [0.4, 0.5) is 0 Å². The number of halogens is 1. The lowest BCUT2D eigenvalue weighted by atomic mass is 9.96. The molecular formula is C13H22ClN3O3S. The second-order valence-electron chi connectivity index (χ2n) is 6.63. The standard InChI is InChI=1S/C13H22ClN3O3S/c1-8(2)9-11(21(14,19)20)10(16-15-9)12(18)17(6)7-13(3,4)5/h8H,7H2,1-6H3,(H,15,16). The highest BCUT2D eigenvalue weighted by Gasteiger charge is 2.32. The van der Waals surface area contributed by atoms with Gasteiger partial charge in [-0.2, -0.15) is 5.10 Å². The molecular weight excluding hydrogens is 314 g/mol. The number of amides is 1. The Labute approximate surface area is 130 Å². The quantitative estimate of drug-likeness (QED) is 0.857. The van der Waals surface area contributed by atoms with Gasteiger partial charge in [-0.1, -0.05) is 34.6 Å². The van der Waals surface area contributed by atoms with E-state index < -0.39 is 15.0 Å². The lowest BCUT2D eigenvalue weighted by molar-refractivity contribution is 0.0736. The van der Waals surface area contributed by atoms with Gasteiger partial charge in [0, 0.05) is 24.3 Å². The first-order valence-electron chi connectivity index (χ1n) is 6.63. The summed E-state index contributed by atoms with van der Waals surface area (Å²) in [7, 11) is 3.03. The van der Waals surface area contributed by atoms with Gasteiger partial charge in [0.2, 0.25) is 0 Å². The summed E-state index contributed by atoms with van der Waals surface area (Å²) in [5.41, 5.74) is 0.0830. The summed E-state index contributed by atoms with van der Waals surface area (Å²) in [5, 5.41) is 6.49. The summed E-state index contributed by atoms with van der Waals surface area (Å²) in [6.45, 7) is 10.0. The van der Waals surface area contributed by atoms with E-state index in [0.29, 0.717) is 12.2 Å². The van der Waals surface area contributed by atoms with Crippen LogP contribution in [0, 0.1) is 5.41 Å². The molecule has 1 aromatic heterocycles. The Bertz CT molecular complexity index is 630. The number of nitrogens with one attached hydrogen (secondary N) is 1. The SMILES string of the molecule is CC(C)c1[nH]nc(C(=O)N(C)CC(C)(C)C)c1S(=O)(=O)Cl.